The fraction of sp³-hybridized carbons (Fsp3) is 0.552. The molecule has 222 valence electrons. The van der Waals surface area contributed by atoms with E-state index < -0.39 is 11.8 Å². The van der Waals surface area contributed by atoms with Crippen molar-refractivity contribution < 1.29 is 18.4 Å². The van der Waals surface area contributed by atoms with E-state index in [1.807, 2.05) is 34.1 Å². The number of amides is 2. The van der Waals surface area contributed by atoms with Gasteiger partial charge in [0, 0.05) is 80.2 Å². The van der Waals surface area contributed by atoms with Crippen molar-refractivity contribution in [2.45, 2.75) is 61.8 Å². The molecule has 2 amide bonds. The molecule has 2 aliphatic heterocycles. The molecule has 0 radical (unpaired) electrons. The van der Waals surface area contributed by atoms with Crippen LogP contribution >= 0.6 is 23.5 Å². The number of carbonyl (C=O) groups excluding carboxylic acids is 2. The number of carbonyl (C=O) groups is 2. The van der Waals surface area contributed by atoms with Crippen molar-refractivity contribution in [1.29, 1.82) is 0 Å². The van der Waals surface area contributed by atoms with Gasteiger partial charge in [-0.2, -0.15) is 0 Å². The van der Waals surface area contributed by atoms with Gasteiger partial charge in [-0.25, -0.2) is 18.1 Å². The van der Waals surface area contributed by atoms with Crippen molar-refractivity contribution in [3.05, 3.63) is 47.1 Å². The number of hydrogen-bond acceptors (Lipinski definition) is 7. The first-order valence-electron chi connectivity index (χ1n) is 14.4. The van der Waals surface area contributed by atoms with Crippen LogP contribution in [0.1, 0.15) is 50.5 Å². The largest absolute Gasteiger partial charge is 0.354 e. The van der Waals surface area contributed by atoms with Crippen molar-refractivity contribution >= 4 is 46.9 Å². The molecule has 0 spiro atoms. The predicted molar refractivity (Wildman–Crippen MR) is 158 cm³/mol. The molecule has 3 heterocycles. The number of halogens is 3. The molecule has 2 aromatic rings. The lowest BCUT2D eigenvalue weighted by Gasteiger charge is -2.36. The third kappa shape index (κ3) is 7.31. The minimum absolute atomic E-state index is 0.0632. The summed E-state index contributed by atoms with van der Waals surface area (Å²) in [7, 11) is 0. The molecular formula is C29H37ClF2N6O2S. The van der Waals surface area contributed by atoms with E-state index in [1.165, 1.54) is 12.1 Å². The maximum Gasteiger partial charge on any atom is 0.276 e. The van der Waals surface area contributed by atoms with Gasteiger partial charge in [0.2, 0.25) is 11.8 Å². The highest BCUT2D eigenvalue weighted by Crippen LogP contribution is 2.45. The highest BCUT2D eigenvalue weighted by Gasteiger charge is 2.43. The van der Waals surface area contributed by atoms with Gasteiger partial charge in [-0.1, -0.05) is 11.6 Å². The normalized spacial score (nSPS) is 22.3. The van der Waals surface area contributed by atoms with Crippen molar-refractivity contribution in [3.63, 3.8) is 0 Å². The van der Waals surface area contributed by atoms with Crippen LogP contribution in [-0.2, 0) is 15.5 Å². The first kappa shape index (κ1) is 30.0. The summed E-state index contributed by atoms with van der Waals surface area (Å²) in [6.45, 7) is 3.79. The maximum atomic E-state index is 15.7. The maximum absolute atomic E-state index is 15.7. The Morgan fingerprint density at radius 2 is 1.78 bits per heavy atom. The Balaban J connectivity index is 1.16. The topological polar surface area (TPSA) is 94.8 Å². The lowest BCUT2D eigenvalue weighted by molar-refractivity contribution is -0.122. The summed E-state index contributed by atoms with van der Waals surface area (Å²) in [4.78, 5) is 33.1. The Labute approximate surface area is 249 Å². The second-order valence-electron chi connectivity index (χ2n) is 11.0. The van der Waals surface area contributed by atoms with Gasteiger partial charge in [0.05, 0.1) is 0 Å². The van der Waals surface area contributed by atoms with E-state index in [4.69, 9.17) is 17.3 Å². The molecule has 2 saturated heterocycles. The summed E-state index contributed by atoms with van der Waals surface area (Å²) < 4.78 is 33.6. The Morgan fingerprint density at radius 1 is 1.07 bits per heavy atom. The summed E-state index contributed by atoms with van der Waals surface area (Å²) >= 11 is 7.92. The molecule has 0 bridgehead atoms. The molecule has 41 heavy (non-hydrogen) atoms. The van der Waals surface area contributed by atoms with Crippen molar-refractivity contribution in [2.75, 3.05) is 49.1 Å². The zero-order valence-electron chi connectivity index (χ0n) is 23.0. The van der Waals surface area contributed by atoms with Gasteiger partial charge in [0.25, 0.3) is 5.92 Å². The molecule has 1 aromatic carbocycles. The lowest BCUT2D eigenvalue weighted by Crippen LogP contribution is -2.44. The van der Waals surface area contributed by atoms with Gasteiger partial charge < -0.3 is 20.9 Å². The monoisotopic (exact) mass is 606 g/mol. The van der Waals surface area contributed by atoms with E-state index in [9.17, 15) is 9.59 Å². The number of rotatable bonds is 9. The van der Waals surface area contributed by atoms with Gasteiger partial charge >= 0.3 is 0 Å². The smallest absolute Gasteiger partial charge is 0.276 e. The molecule has 1 aliphatic carbocycles. The molecule has 0 atom stereocenters. The molecular weight excluding hydrogens is 570 g/mol. The second kappa shape index (κ2) is 13.2. The third-order valence-electron chi connectivity index (χ3n) is 8.16. The highest BCUT2D eigenvalue weighted by molar-refractivity contribution is 7.97. The molecule has 1 saturated carbocycles. The SMILES string of the molecule is NCCC(=O)NC1CCC(C(F)(F)c2cc(Cl)nc(N3CCN(Sc4ccc(N5CCCC5=O)cc4)CC3)c2)CC1. The summed E-state index contributed by atoms with van der Waals surface area (Å²) in [6, 6.07) is 10.7. The van der Waals surface area contributed by atoms with Crippen LogP contribution in [0, 0.1) is 5.92 Å². The fourth-order valence-electron chi connectivity index (χ4n) is 5.87. The standard InChI is InChI=1S/C29H37ClF2N6O2S/c30-25-18-21(29(31,32)20-3-5-22(6-4-20)34-27(39)11-12-33)19-26(35-25)36-14-16-37(17-15-36)41-24-9-7-23(8-10-24)38-13-1-2-28(38)40/h7-10,18-20,22H,1-6,11-17,33H2,(H,34,39). The highest BCUT2D eigenvalue weighted by atomic mass is 35.5. The third-order valence-corrected chi connectivity index (χ3v) is 9.46. The van der Waals surface area contributed by atoms with Gasteiger partial charge in [-0.05, 0) is 80.5 Å². The summed E-state index contributed by atoms with van der Waals surface area (Å²) in [5.41, 5.74) is 6.26. The van der Waals surface area contributed by atoms with Crippen LogP contribution in [-0.4, -0.2) is 66.4 Å². The minimum Gasteiger partial charge on any atom is -0.354 e. The van der Waals surface area contributed by atoms with Gasteiger partial charge in [0.15, 0.2) is 0 Å². The van der Waals surface area contributed by atoms with E-state index in [0.29, 0.717) is 51.0 Å². The lowest BCUT2D eigenvalue weighted by atomic mass is 9.80. The quantitative estimate of drug-likeness (QED) is 0.313. The van der Waals surface area contributed by atoms with Gasteiger partial charge in [-0.15, -0.1) is 0 Å². The summed E-state index contributed by atoms with van der Waals surface area (Å²) in [6.07, 6.45) is 3.43. The van der Waals surface area contributed by atoms with Crippen molar-refractivity contribution in [2.24, 2.45) is 11.7 Å². The van der Waals surface area contributed by atoms with Crippen LogP contribution in [0.3, 0.4) is 0 Å². The molecule has 12 heteroatoms. The zero-order valence-corrected chi connectivity index (χ0v) is 24.6. The Hall–Kier alpha value is -2.47. The Morgan fingerprint density at radius 3 is 2.41 bits per heavy atom. The van der Waals surface area contributed by atoms with Gasteiger partial charge in [0.1, 0.15) is 11.0 Å². The second-order valence-corrected chi connectivity index (χ2v) is 12.5. The number of piperazine rings is 1. The number of nitrogens with zero attached hydrogens (tertiary/aromatic N) is 4. The number of aromatic nitrogens is 1. The number of nitrogens with two attached hydrogens (primary N) is 1. The molecule has 5 rings (SSSR count). The van der Waals surface area contributed by atoms with Crippen molar-refractivity contribution in [3.8, 4) is 0 Å². The molecule has 3 aliphatic rings. The number of nitrogens with one attached hydrogen (secondary N) is 1. The first-order valence-corrected chi connectivity index (χ1v) is 15.5. The zero-order chi connectivity index (χ0) is 29.0. The molecule has 8 nitrogen and oxygen atoms in total. The Bertz CT molecular complexity index is 1220. The van der Waals surface area contributed by atoms with E-state index >= 15 is 8.78 Å². The average molecular weight is 607 g/mol. The summed E-state index contributed by atoms with van der Waals surface area (Å²) in [5.74, 6) is -3.34. The van der Waals surface area contributed by atoms with Crippen LogP contribution in [0.4, 0.5) is 20.3 Å². The number of anilines is 2. The van der Waals surface area contributed by atoms with Crippen LogP contribution in [0.15, 0.2) is 41.3 Å². The molecule has 1 aromatic heterocycles. The average Bonchev–Trinajstić information content (AvgIpc) is 3.39. The predicted octanol–water partition coefficient (Wildman–Crippen LogP) is 4.81. The minimum atomic E-state index is -3.04. The van der Waals surface area contributed by atoms with E-state index in [0.717, 1.165) is 36.6 Å². The van der Waals surface area contributed by atoms with Crippen LogP contribution < -0.4 is 20.9 Å². The van der Waals surface area contributed by atoms with E-state index in [2.05, 4.69) is 14.6 Å². The first-order chi connectivity index (χ1) is 19.7. The van der Waals surface area contributed by atoms with Crippen LogP contribution in [0.5, 0.6) is 0 Å². The van der Waals surface area contributed by atoms with Gasteiger partial charge in [-0.3, -0.25) is 9.59 Å². The Kier molecular flexibility index (Phi) is 9.68. The fourth-order valence-corrected chi connectivity index (χ4v) is 6.98. The van der Waals surface area contributed by atoms with E-state index in [-0.39, 0.29) is 41.5 Å². The number of alkyl halides is 2. The van der Waals surface area contributed by atoms with Crippen molar-refractivity contribution in [1.82, 2.24) is 14.6 Å². The molecule has 3 N–H and O–H groups in total. The number of pyridine rings is 1. The van der Waals surface area contributed by atoms with Crippen LogP contribution in [0.2, 0.25) is 5.15 Å². The number of hydrogen-bond donors (Lipinski definition) is 2. The summed E-state index contributed by atoms with van der Waals surface area (Å²) in [5, 5.41) is 2.97. The number of benzene rings is 1. The molecule has 0 unspecified atom stereocenters. The van der Waals surface area contributed by atoms with Crippen LogP contribution in [0.25, 0.3) is 0 Å². The molecule has 3 fully saturated rings. The van der Waals surface area contributed by atoms with E-state index in [1.54, 1.807) is 11.9 Å².